The second kappa shape index (κ2) is 10.1. The molecule has 2 N–H and O–H groups in total. The number of para-hydroxylation sites is 1. The molecule has 0 unspecified atom stereocenters. The van der Waals surface area contributed by atoms with Crippen molar-refractivity contribution in [2.24, 2.45) is 0 Å². The maximum Gasteiger partial charge on any atom is 0.341 e. The highest BCUT2D eigenvalue weighted by Gasteiger charge is 2.26. The lowest BCUT2D eigenvalue weighted by molar-refractivity contribution is -0.122. The second-order valence-corrected chi connectivity index (χ2v) is 8.93. The number of carbonyl (C=O) groups is 3. The molecule has 3 rings (SSSR count). The second-order valence-electron chi connectivity index (χ2n) is 7.05. The van der Waals surface area contributed by atoms with E-state index in [0.717, 1.165) is 5.56 Å². The van der Waals surface area contributed by atoms with Crippen LogP contribution in [0.2, 0.25) is 0 Å². The van der Waals surface area contributed by atoms with Gasteiger partial charge in [0.2, 0.25) is 5.91 Å². The molecule has 0 aliphatic rings. The predicted molar refractivity (Wildman–Crippen MR) is 130 cm³/mol. The Morgan fingerprint density at radius 1 is 1.12 bits per heavy atom. The number of rotatable bonds is 7. The fraction of sp³-hybridized carbons (Fsp3) is 0.261. The molecule has 1 aromatic heterocycles. The summed E-state index contributed by atoms with van der Waals surface area (Å²) in [7, 11) is 1.28. The Morgan fingerprint density at radius 2 is 1.84 bits per heavy atom. The van der Waals surface area contributed by atoms with Gasteiger partial charge in [-0.1, -0.05) is 31.2 Å². The number of benzene rings is 2. The van der Waals surface area contributed by atoms with Crippen LogP contribution in [-0.4, -0.2) is 31.0 Å². The number of anilines is 2. The summed E-state index contributed by atoms with van der Waals surface area (Å²) >= 11 is 4.68. The minimum Gasteiger partial charge on any atom is -0.478 e. The largest absolute Gasteiger partial charge is 0.478 e. The molecule has 7 nitrogen and oxygen atoms in total. The lowest BCUT2D eigenvalue weighted by atomic mass is 10.1. The van der Waals surface area contributed by atoms with E-state index in [2.05, 4.69) is 26.6 Å². The van der Waals surface area contributed by atoms with E-state index in [9.17, 15) is 14.4 Å². The number of nitrogens with one attached hydrogen (secondary N) is 2. The Hall–Kier alpha value is -2.91. The van der Waals surface area contributed by atoms with Gasteiger partial charge < -0.3 is 20.1 Å². The van der Waals surface area contributed by atoms with Gasteiger partial charge >= 0.3 is 5.97 Å². The van der Waals surface area contributed by atoms with Crippen LogP contribution in [0.1, 0.15) is 36.2 Å². The average molecular weight is 519 g/mol. The summed E-state index contributed by atoms with van der Waals surface area (Å²) < 4.78 is 12.3. The molecule has 1 atom stereocenters. The molecule has 2 aromatic carbocycles. The zero-order valence-corrected chi connectivity index (χ0v) is 20.5. The summed E-state index contributed by atoms with van der Waals surface area (Å²) in [5.41, 5.74) is 1.91. The van der Waals surface area contributed by atoms with Crippen LogP contribution < -0.4 is 15.4 Å². The molecule has 168 valence electrons. The Kier molecular flexibility index (Phi) is 7.52. The average Bonchev–Trinajstić information content (AvgIpc) is 3.11. The third-order valence-electron chi connectivity index (χ3n) is 4.77. The highest BCUT2D eigenvalue weighted by Crippen LogP contribution is 2.45. The van der Waals surface area contributed by atoms with Crippen LogP contribution >= 0.6 is 27.3 Å². The van der Waals surface area contributed by atoms with Crippen molar-refractivity contribution in [1.29, 1.82) is 0 Å². The molecule has 0 spiro atoms. The lowest BCUT2D eigenvalue weighted by Crippen LogP contribution is -2.32. The highest BCUT2D eigenvalue weighted by atomic mass is 79.9. The van der Waals surface area contributed by atoms with Crippen molar-refractivity contribution in [2.75, 3.05) is 17.7 Å². The van der Waals surface area contributed by atoms with Crippen LogP contribution in [0.15, 0.2) is 40.9 Å². The summed E-state index contributed by atoms with van der Waals surface area (Å²) in [4.78, 5) is 37.0. The number of methoxy groups -OCH3 is 1. The third kappa shape index (κ3) is 4.94. The Morgan fingerprint density at radius 3 is 2.47 bits per heavy atom. The fourth-order valence-corrected chi connectivity index (χ4v) is 4.95. The van der Waals surface area contributed by atoms with Crippen LogP contribution in [0.5, 0.6) is 5.75 Å². The molecule has 32 heavy (non-hydrogen) atoms. The Labute approximate surface area is 198 Å². The summed E-state index contributed by atoms with van der Waals surface area (Å²) in [6.07, 6.45) is -0.349. The van der Waals surface area contributed by atoms with Crippen LogP contribution in [0.3, 0.4) is 0 Å². The molecule has 1 heterocycles. The van der Waals surface area contributed by atoms with Gasteiger partial charge in [0.15, 0.2) is 11.9 Å². The number of hydrogen-bond acceptors (Lipinski definition) is 6. The summed E-state index contributed by atoms with van der Waals surface area (Å²) in [6, 6.07) is 11.0. The molecule has 0 saturated carbocycles. The first kappa shape index (κ1) is 23.7. The smallest absolute Gasteiger partial charge is 0.341 e. The molecule has 0 fully saturated rings. The van der Waals surface area contributed by atoms with E-state index in [1.807, 2.05) is 38.1 Å². The molecule has 0 saturated heterocycles. The maximum absolute atomic E-state index is 12.9. The van der Waals surface area contributed by atoms with Crippen molar-refractivity contribution in [3.05, 3.63) is 52.0 Å². The molecule has 2 amide bonds. The number of hydrogen-bond donors (Lipinski definition) is 2. The van der Waals surface area contributed by atoms with Gasteiger partial charge in [0, 0.05) is 18.0 Å². The van der Waals surface area contributed by atoms with E-state index < -0.39 is 12.1 Å². The number of aryl methyl sites for hydroxylation is 1. The number of thiophene rings is 1. The number of halogens is 1. The van der Waals surface area contributed by atoms with E-state index in [4.69, 9.17) is 9.47 Å². The topological polar surface area (TPSA) is 93.7 Å². The van der Waals surface area contributed by atoms with Gasteiger partial charge in [-0.3, -0.25) is 9.59 Å². The molecule has 0 aliphatic heterocycles. The lowest BCUT2D eigenvalue weighted by Gasteiger charge is -2.19. The first-order valence-corrected chi connectivity index (χ1v) is 11.5. The van der Waals surface area contributed by atoms with Crippen LogP contribution in [0.25, 0.3) is 10.1 Å². The van der Waals surface area contributed by atoms with Crippen molar-refractivity contribution in [1.82, 2.24) is 0 Å². The van der Waals surface area contributed by atoms with Gasteiger partial charge in [-0.05, 0) is 47.0 Å². The number of amides is 2. The fourth-order valence-electron chi connectivity index (χ4n) is 3.17. The zero-order valence-electron chi connectivity index (χ0n) is 18.1. The van der Waals surface area contributed by atoms with Crippen molar-refractivity contribution in [3.8, 4) is 5.75 Å². The molecule has 3 aromatic rings. The predicted octanol–water partition coefficient (Wildman–Crippen LogP) is 5.51. The zero-order chi connectivity index (χ0) is 23.4. The van der Waals surface area contributed by atoms with E-state index in [0.29, 0.717) is 37.4 Å². The van der Waals surface area contributed by atoms with E-state index in [1.54, 1.807) is 12.1 Å². The van der Waals surface area contributed by atoms with Crippen molar-refractivity contribution < 1.29 is 23.9 Å². The van der Waals surface area contributed by atoms with Crippen LogP contribution in [0, 0.1) is 6.92 Å². The van der Waals surface area contributed by atoms with Crippen molar-refractivity contribution in [2.45, 2.75) is 33.3 Å². The van der Waals surface area contributed by atoms with Gasteiger partial charge in [0.25, 0.3) is 5.91 Å². The monoisotopic (exact) mass is 518 g/mol. The van der Waals surface area contributed by atoms with E-state index in [1.165, 1.54) is 25.4 Å². The summed E-state index contributed by atoms with van der Waals surface area (Å²) in [6.45, 7) is 5.13. The van der Waals surface area contributed by atoms with Gasteiger partial charge in [-0.15, -0.1) is 11.3 Å². The molecular formula is C23H23BrN2O5S. The Bertz CT molecular complexity index is 1190. The summed E-state index contributed by atoms with van der Waals surface area (Å²) in [5, 5.41) is 6.52. The number of fused-ring (bicyclic) bond motifs is 1. The van der Waals surface area contributed by atoms with Gasteiger partial charge in [-0.25, -0.2) is 4.79 Å². The van der Waals surface area contributed by atoms with Crippen molar-refractivity contribution in [3.63, 3.8) is 0 Å². The molecule has 0 bridgehead atoms. The minimum atomic E-state index is -0.774. The van der Waals surface area contributed by atoms with E-state index >= 15 is 0 Å². The van der Waals surface area contributed by atoms with E-state index in [-0.39, 0.29) is 17.4 Å². The SMILES string of the molecule is CC[C@H](Oc1c(Br)ccc2c(C(=O)OC)c(NC(C)=O)sc12)C(=O)Nc1ccccc1C. The molecule has 0 aliphatic carbocycles. The standard InChI is InChI=1S/C23H23BrN2O5S/c1-5-17(21(28)26-16-9-7-6-8-12(16)2)31-19-15(24)11-10-14-18(23(29)30-4)22(25-13(3)27)32-20(14)19/h6-11,17H,5H2,1-4H3,(H,25,27)(H,26,28)/t17-/m0/s1. The van der Waals surface area contributed by atoms with Gasteiger partial charge in [0.05, 0.1) is 16.3 Å². The Balaban J connectivity index is 2.01. The number of ether oxygens (including phenoxy) is 2. The summed E-state index contributed by atoms with van der Waals surface area (Å²) in [5.74, 6) is -0.747. The van der Waals surface area contributed by atoms with Gasteiger partial charge in [0.1, 0.15) is 10.6 Å². The first-order valence-electron chi connectivity index (χ1n) is 9.90. The highest BCUT2D eigenvalue weighted by molar-refractivity contribution is 9.10. The van der Waals surface area contributed by atoms with Crippen LogP contribution in [0.4, 0.5) is 10.7 Å². The number of esters is 1. The molecule has 0 radical (unpaired) electrons. The number of carbonyl (C=O) groups excluding carboxylic acids is 3. The first-order chi connectivity index (χ1) is 15.3. The maximum atomic E-state index is 12.9. The minimum absolute atomic E-state index is 0.248. The van der Waals surface area contributed by atoms with Gasteiger partial charge in [-0.2, -0.15) is 0 Å². The normalized spacial score (nSPS) is 11.7. The third-order valence-corrected chi connectivity index (χ3v) is 6.51. The molecule has 9 heteroatoms. The van der Waals surface area contributed by atoms with Crippen molar-refractivity contribution >= 4 is 65.8 Å². The molecular weight excluding hydrogens is 496 g/mol. The van der Waals surface area contributed by atoms with Crippen LogP contribution in [-0.2, 0) is 14.3 Å². The quantitative estimate of drug-likeness (QED) is 0.402.